The van der Waals surface area contributed by atoms with E-state index < -0.39 is 0 Å². The molecule has 2 N–H and O–H groups in total. The van der Waals surface area contributed by atoms with E-state index in [9.17, 15) is 0 Å². The quantitative estimate of drug-likeness (QED) is 0.714. The van der Waals surface area contributed by atoms with Crippen LogP contribution in [0.5, 0.6) is 0 Å². The smallest absolute Gasteiger partial charge is 0.0457 e. The molecule has 0 saturated heterocycles. The number of hydrogen-bond donors (Lipinski definition) is 2. The molecule has 0 aliphatic carbocycles. The molecule has 0 aliphatic rings. The first-order valence-corrected chi connectivity index (χ1v) is 7.18. The monoisotopic (exact) mass is 264 g/mol. The van der Waals surface area contributed by atoms with Gasteiger partial charge in [-0.1, -0.05) is 48.5 Å². The predicted molar refractivity (Wildman–Crippen MR) is 84.9 cm³/mol. The molecule has 2 nitrogen and oxygen atoms in total. The molecule has 1 atom stereocenters. The summed E-state index contributed by atoms with van der Waals surface area (Å²) in [5.74, 6) is 0. The predicted octanol–water partition coefficient (Wildman–Crippen LogP) is 4.06. The summed E-state index contributed by atoms with van der Waals surface area (Å²) < 4.78 is 0. The van der Waals surface area contributed by atoms with Gasteiger partial charge in [0.1, 0.15) is 0 Å². The van der Waals surface area contributed by atoms with Crippen LogP contribution in [-0.4, -0.2) is 11.5 Å². The minimum absolute atomic E-state index is 0.356. The molecule has 3 rings (SSSR count). The van der Waals surface area contributed by atoms with Crippen LogP contribution in [-0.2, 0) is 6.42 Å². The van der Waals surface area contributed by atoms with E-state index in [0.717, 1.165) is 13.0 Å². The number of aromatic amines is 1. The Bertz CT molecular complexity index is 670. The third-order valence-electron chi connectivity index (χ3n) is 3.79. The maximum atomic E-state index is 3.61. The Kier molecular flexibility index (Phi) is 3.84. The van der Waals surface area contributed by atoms with Gasteiger partial charge in [0.2, 0.25) is 0 Å². The van der Waals surface area contributed by atoms with Gasteiger partial charge in [-0.05, 0) is 37.1 Å². The number of hydrogen-bond acceptors (Lipinski definition) is 1. The molecule has 0 aliphatic heterocycles. The van der Waals surface area contributed by atoms with Crippen LogP contribution in [0.4, 0.5) is 0 Å². The summed E-state index contributed by atoms with van der Waals surface area (Å²) in [7, 11) is 0. The number of rotatable bonds is 5. The van der Waals surface area contributed by atoms with Crippen LogP contribution in [0.15, 0.2) is 60.8 Å². The molecule has 2 heteroatoms. The van der Waals surface area contributed by atoms with Crippen LogP contribution >= 0.6 is 0 Å². The van der Waals surface area contributed by atoms with Crippen molar-refractivity contribution in [3.8, 4) is 0 Å². The Morgan fingerprint density at radius 3 is 2.60 bits per heavy atom. The van der Waals surface area contributed by atoms with Crippen LogP contribution in [0.3, 0.4) is 0 Å². The van der Waals surface area contributed by atoms with E-state index in [2.05, 4.69) is 78.0 Å². The first kappa shape index (κ1) is 12.9. The van der Waals surface area contributed by atoms with Gasteiger partial charge < -0.3 is 10.3 Å². The summed E-state index contributed by atoms with van der Waals surface area (Å²) in [5.41, 5.74) is 3.93. The highest BCUT2D eigenvalue weighted by molar-refractivity contribution is 5.83. The lowest BCUT2D eigenvalue weighted by atomic mass is 10.1. The molecule has 3 aromatic rings. The van der Waals surface area contributed by atoms with Crippen LogP contribution in [0, 0.1) is 0 Å². The molecule has 1 heterocycles. The van der Waals surface area contributed by atoms with Gasteiger partial charge in [0.05, 0.1) is 0 Å². The Labute approximate surface area is 119 Å². The maximum Gasteiger partial charge on any atom is 0.0457 e. The summed E-state index contributed by atoms with van der Waals surface area (Å²) in [6.45, 7) is 3.21. The van der Waals surface area contributed by atoms with Crippen molar-refractivity contribution in [2.24, 2.45) is 0 Å². The average Bonchev–Trinajstić information content (AvgIpc) is 2.92. The van der Waals surface area contributed by atoms with E-state index >= 15 is 0 Å². The summed E-state index contributed by atoms with van der Waals surface area (Å²) >= 11 is 0. The van der Waals surface area contributed by atoms with E-state index in [1.165, 1.54) is 22.0 Å². The summed E-state index contributed by atoms with van der Waals surface area (Å²) in [5, 5.41) is 4.92. The molecule has 0 bridgehead atoms. The number of fused-ring (bicyclic) bond motifs is 1. The van der Waals surface area contributed by atoms with Gasteiger partial charge in [0.15, 0.2) is 0 Å². The van der Waals surface area contributed by atoms with Crippen molar-refractivity contribution in [2.45, 2.75) is 19.4 Å². The Hall–Kier alpha value is -2.06. The second-order valence-corrected chi connectivity index (χ2v) is 5.20. The van der Waals surface area contributed by atoms with Gasteiger partial charge in [-0.3, -0.25) is 0 Å². The largest absolute Gasteiger partial charge is 0.361 e. The van der Waals surface area contributed by atoms with Crippen molar-refractivity contribution in [2.75, 3.05) is 6.54 Å². The summed E-state index contributed by atoms with van der Waals surface area (Å²) in [6, 6.07) is 19.4. The molecule has 102 valence electrons. The molecule has 0 spiro atoms. The van der Waals surface area contributed by atoms with Gasteiger partial charge in [0, 0.05) is 23.1 Å². The molecule has 1 unspecified atom stereocenters. The number of para-hydroxylation sites is 1. The third-order valence-corrected chi connectivity index (χ3v) is 3.79. The first-order valence-electron chi connectivity index (χ1n) is 7.18. The lowest BCUT2D eigenvalue weighted by molar-refractivity contribution is 0.580. The summed E-state index contributed by atoms with van der Waals surface area (Å²) in [4.78, 5) is 3.34. The molecule has 1 aromatic heterocycles. The lowest BCUT2D eigenvalue weighted by Crippen LogP contribution is -2.21. The first-order chi connectivity index (χ1) is 9.84. The molecule has 0 saturated carbocycles. The zero-order valence-corrected chi connectivity index (χ0v) is 11.8. The van der Waals surface area contributed by atoms with Gasteiger partial charge in [-0.25, -0.2) is 0 Å². The van der Waals surface area contributed by atoms with Crippen molar-refractivity contribution < 1.29 is 0 Å². The fourth-order valence-electron chi connectivity index (χ4n) is 2.64. The van der Waals surface area contributed by atoms with E-state index in [4.69, 9.17) is 0 Å². The molecule has 20 heavy (non-hydrogen) atoms. The fraction of sp³-hybridized carbons (Fsp3) is 0.222. The van der Waals surface area contributed by atoms with Gasteiger partial charge >= 0.3 is 0 Å². The Morgan fingerprint density at radius 1 is 1.00 bits per heavy atom. The second kappa shape index (κ2) is 5.93. The van der Waals surface area contributed by atoms with E-state index in [1.54, 1.807) is 0 Å². The molecule has 0 amide bonds. The zero-order chi connectivity index (χ0) is 13.8. The molecule has 0 radical (unpaired) electrons. The fourth-order valence-corrected chi connectivity index (χ4v) is 2.64. The van der Waals surface area contributed by atoms with E-state index in [0.29, 0.717) is 6.04 Å². The van der Waals surface area contributed by atoms with E-state index in [-0.39, 0.29) is 0 Å². The van der Waals surface area contributed by atoms with Crippen LogP contribution in [0.25, 0.3) is 10.9 Å². The van der Waals surface area contributed by atoms with Crippen molar-refractivity contribution >= 4 is 10.9 Å². The third kappa shape index (κ3) is 2.75. The standard InChI is InChI=1S/C18H20N2/c1-14(19-12-11-15-7-3-2-4-8-15)17-13-20-18-10-6-5-9-16(17)18/h2-10,13-14,19-20H,11-12H2,1H3. The number of aromatic nitrogens is 1. The normalized spacial score (nSPS) is 12.7. The number of benzene rings is 2. The van der Waals surface area contributed by atoms with Crippen molar-refractivity contribution in [3.05, 3.63) is 71.9 Å². The zero-order valence-electron chi connectivity index (χ0n) is 11.8. The highest BCUT2D eigenvalue weighted by Gasteiger charge is 2.09. The van der Waals surface area contributed by atoms with Gasteiger partial charge in [-0.2, -0.15) is 0 Å². The highest BCUT2D eigenvalue weighted by atomic mass is 14.9. The Balaban J connectivity index is 1.63. The number of nitrogens with one attached hydrogen (secondary N) is 2. The van der Waals surface area contributed by atoms with Crippen LogP contribution in [0.1, 0.15) is 24.1 Å². The number of H-pyrrole nitrogens is 1. The van der Waals surface area contributed by atoms with Crippen molar-refractivity contribution in [1.29, 1.82) is 0 Å². The maximum absolute atomic E-state index is 3.61. The highest BCUT2D eigenvalue weighted by Crippen LogP contribution is 2.23. The SMILES string of the molecule is CC(NCCc1ccccc1)c1c[nH]c2ccccc12. The van der Waals surface area contributed by atoms with E-state index in [1.807, 2.05) is 0 Å². The van der Waals surface area contributed by atoms with Crippen LogP contribution in [0.2, 0.25) is 0 Å². The molecule has 0 fully saturated rings. The lowest BCUT2D eigenvalue weighted by Gasteiger charge is -2.13. The molecular weight excluding hydrogens is 244 g/mol. The topological polar surface area (TPSA) is 27.8 Å². The minimum atomic E-state index is 0.356. The average molecular weight is 264 g/mol. The van der Waals surface area contributed by atoms with Crippen LogP contribution < -0.4 is 5.32 Å². The summed E-state index contributed by atoms with van der Waals surface area (Å²) in [6.07, 6.45) is 3.18. The van der Waals surface area contributed by atoms with Gasteiger partial charge in [0.25, 0.3) is 0 Å². The van der Waals surface area contributed by atoms with Gasteiger partial charge in [-0.15, -0.1) is 0 Å². The molecular formula is C18H20N2. The Morgan fingerprint density at radius 2 is 1.75 bits per heavy atom. The minimum Gasteiger partial charge on any atom is -0.361 e. The molecule has 2 aromatic carbocycles. The van der Waals surface area contributed by atoms with Crippen molar-refractivity contribution in [1.82, 2.24) is 10.3 Å². The van der Waals surface area contributed by atoms with Crippen molar-refractivity contribution in [3.63, 3.8) is 0 Å². The second-order valence-electron chi connectivity index (χ2n) is 5.20.